The van der Waals surface area contributed by atoms with Crippen molar-refractivity contribution in [2.45, 2.75) is 39.2 Å². The molecule has 2 rings (SSSR count). The van der Waals surface area contributed by atoms with Crippen molar-refractivity contribution in [3.05, 3.63) is 47.1 Å². The van der Waals surface area contributed by atoms with Gasteiger partial charge in [0.25, 0.3) is 0 Å². The first-order chi connectivity index (χ1) is 9.02. The van der Waals surface area contributed by atoms with Crippen LogP contribution in [0, 0.1) is 11.3 Å². The quantitative estimate of drug-likeness (QED) is 0.745. The molecule has 1 aromatic rings. The number of allylic oxidation sites excluding steroid dienone is 2. The van der Waals surface area contributed by atoms with E-state index in [1.54, 1.807) is 6.07 Å². The summed E-state index contributed by atoms with van der Waals surface area (Å²) in [5, 5.41) is 8.89. The molecule has 0 amide bonds. The zero-order valence-electron chi connectivity index (χ0n) is 11.7. The van der Waals surface area contributed by atoms with Crippen molar-refractivity contribution in [1.29, 1.82) is 5.26 Å². The second-order valence-corrected chi connectivity index (χ2v) is 5.43. The van der Waals surface area contributed by atoms with Gasteiger partial charge in [-0.3, -0.25) is 0 Å². The molecule has 0 radical (unpaired) electrons. The highest BCUT2D eigenvalue weighted by Crippen LogP contribution is 2.33. The van der Waals surface area contributed by atoms with Crippen molar-refractivity contribution in [3.63, 3.8) is 0 Å². The molecule has 1 aromatic carbocycles. The Bertz CT molecular complexity index is 573. The van der Waals surface area contributed by atoms with E-state index in [1.807, 2.05) is 12.1 Å². The summed E-state index contributed by atoms with van der Waals surface area (Å²) < 4.78 is 6.08. The van der Waals surface area contributed by atoms with E-state index in [2.05, 4.69) is 45.1 Å². The fourth-order valence-corrected chi connectivity index (χ4v) is 2.17. The Kier molecular flexibility index (Phi) is 3.76. The molecule has 2 nitrogen and oxygen atoms in total. The molecule has 0 aromatic heterocycles. The number of fused-ring (bicyclic) bond motifs is 1. The van der Waals surface area contributed by atoms with E-state index in [9.17, 15) is 0 Å². The third-order valence-electron chi connectivity index (χ3n) is 3.29. The molecule has 0 unspecified atom stereocenters. The van der Waals surface area contributed by atoms with E-state index in [1.165, 1.54) is 5.57 Å². The van der Waals surface area contributed by atoms with Gasteiger partial charge in [-0.2, -0.15) is 5.26 Å². The molecule has 0 spiro atoms. The van der Waals surface area contributed by atoms with Gasteiger partial charge in [0.1, 0.15) is 11.4 Å². The van der Waals surface area contributed by atoms with Crippen molar-refractivity contribution in [2.75, 3.05) is 0 Å². The molecule has 1 heterocycles. The summed E-state index contributed by atoms with van der Waals surface area (Å²) in [5.41, 5.74) is 2.73. The average Bonchev–Trinajstić information content (AvgIpc) is 2.37. The van der Waals surface area contributed by atoms with Gasteiger partial charge in [0.2, 0.25) is 0 Å². The third-order valence-corrected chi connectivity index (χ3v) is 3.29. The molecule has 1 atom stereocenters. The molecule has 2 heteroatoms. The average molecular weight is 253 g/mol. The summed E-state index contributed by atoms with van der Waals surface area (Å²) in [5.74, 6) is 0.862. The van der Waals surface area contributed by atoms with E-state index in [0.29, 0.717) is 5.56 Å². The van der Waals surface area contributed by atoms with Crippen molar-refractivity contribution < 1.29 is 4.74 Å². The van der Waals surface area contributed by atoms with Crippen LogP contribution in [0.15, 0.2) is 35.9 Å². The van der Waals surface area contributed by atoms with Crippen LogP contribution < -0.4 is 4.74 Å². The second-order valence-electron chi connectivity index (χ2n) is 5.43. The minimum absolute atomic E-state index is 0.257. The molecule has 0 saturated carbocycles. The number of rotatable bonds is 3. The minimum atomic E-state index is -0.257. The zero-order valence-corrected chi connectivity index (χ0v) is 11.7. The van der Waals surface area contributed by atoms with Gasteiger partial charge < -0.3 is 4.74 Å². The molecule has 1 aliphatic heterocycles. The topological polar surface area (TPSA) is 33.0 Å². The fourth-order valence-electron chi connectivity index (χ4n) is 2.17. The number of benzene rings is 1. The maximum absolute atomic E-state index is 8.89. The molecule has 0 fully saturated rings. The number of hydrogen-bond acceptors (Lipinski definition) is 2. The highest BCUT2D eigenvalue weighted by Gasteiger charge is 2.26. The van der Waals surface area contributed by atoms with E-state index in [4.69, 9.17) is 10.00 Å². The van der Waals surface area contributed by atoms with E-state index in [-0.39, 0.29) is 5.60 Å². The molecule has 0 aliphatic carbocycles. The molecule has 0 N–H and O–H groups in total. The fraction of sp³-hybridized carbons (Fsp3) is 0.353. The van der Waals surface area contributed by atoms with Crippen LogP contribution in [0.2, 0.25) is 0 Å². The van der Waals surface area contributed by atoms with E-state index < -0.39 is 0 Å². The van der Waals surface area contributed by atoms with Crippen molar-refractivity contribution >= 4 is 6.08 Å². The Balaban J connectivity index is 2.14. The molecule has 0 saturated heterocycles. The summed E-state index contributed by atoms with van der Waals surface area (Å²) in [6.45, 7) is 6.32. The Morgan fingerprint density at radius 1 is 1.42 bits per heavy atom. The summed E-state index contributed by atoms with van der Waals surface area (Å²) in [6, 6.07) is 7.70. The van der Waals surface area contributed by atoms with Crippen LogP contribution in [-0.4, -0.2) is 5.60 Å². The first-order valence-corrected chi connectivity index (χ1v) is 6.58. The largest absolute Gasteiger partial charge is 0.483 e. The van der Waals surface area contributed by atoms with Gasteiger partial charge in [0, 0.05) is 5.56 Å². The number of hydrogen-bond donors (Lipinski definition) is 0. The Hall–Kier alpha value is -2.01. The molecule has 98 valence electrons. The Morgan fingerprint density at radius 3 is 2.89 bits per heavy atom. The molecular formula is C17H19NO. The lowest BCUT2D eigenvalue weighted by atomic mass is 9.94. The van der Waals surface area contributed by atoms with Gasteiger partial charge in [-0.15, -0.1) is 0 Å². The summed E-state index contributed by atoms with van der Waals surface area (Å²) in [7, 11) is 0. The SMILES string of the molecule is CC(C)=CCC[C@@]1(C)C=Cc2cc(C#N)ccc2O1. The van der Waals surface area contributed by atoms with Gasteiger partial charge in [-0.25, -0.2) is 0 Å². The standard InChI is InChI=1S/C17H19NO/c1-13(2)5-4-9-17(3)10-8-15-11-14(12-18)6-7-16(15)19-17/h5-8,10-11H,4,9H2,1-3H3/t17-/m0/s1. The minimum Gasteiger partial charge on any atom is -0.483 e. The molecule has 1 aliphatic rings. The lowest BCUT2D eigenvalue weighted by Crippen LogP contribution is -2.31. The van der Waals surface area contributed by atoms with Gasteiger partial charge in [-0.1, -0.05) is 17.7 Å². The van der Waals surface area contributed by atoms with Crippen LogP contribution >= 0.6 is 0 Å². The van der Waals surface area contributed by atoms with E-state index >= 15 is 0 Å². The summed E-state index contributed by atoms with van der Waals surface area (Å²) in [6.07, 6.45) is 8.34. The van der Waals surface area contributed by atoms with Crippen LogP contribution in [0.3, 0.4) is 0 Å². The number of nitrogens with zero attached hydrogens (tertiary/aromatic N) is 1. The van der Waals surface area contributed by atoms with Crippen LogP contribution in [0.1, 0.15) is 44.7 Å². The lowest BCUT2D eigenvalue weighted by Gasteiger charge is -2.31. The first-order valence-electron chi connectivity index (χ1n) is 6.58. The predicted octanol–water partition coefficient (Wildman–Crippen LogP) is 4.47. The van der Waals surface area contributed by atoms with Gasteiger partial charge in [-0.05, 0) is 57.9 Å². The summed E-state index contributed by atoms with van der Waals surface area (Å²) in [4.78, 5) is 0. The van der Waals surface area contributed by atoms with Gasteiger partial charge >= 0.3 is 0 Å². The van der Waals surface area contributed by atoms with Crippen molar-refractivity contribution in [1.82, 2.24) is 0 Å². The molecular weight excluding hydrogens is 234 g/mol. The maximum atomic E-state index is 8.89. The lowest BCUT2D eigenvalue weighted by molar-refractivity contribution is 0.128. The van der Waals surface area contributed by atoms with Gasteiger partial charge in [0.15, 0.2) is 0 Å². The van der Waals surface area contributed by atoms with Crippen LogP contribution in [0.4, 0.5) is 0 Å². The molecule has 0 bridgehead atoms. The van der Waals surface area contributed by atoms with E-state index in [0.717, 1.165) is 24.2 Å². The Labute approximate surface area is 115 Å². The first kappa shape index (κ1) is 13.4. The maximum Gasteiger partial charge on any atom is 0.127 e. The number of nitriles is 1. The van der Waals surface area contributed by atoms with Gasteiger partial charge in [0.05, 0.1) is 11.6 Å². The molecule has 19 heavy (non-hydrogen) atoms. The monoisotopic (exact) mass is 253 g/mol. The highest BCUT2D eigenvalue weighted by molar-refractivity contribution is 5.63. The van der Waals surface area contributed by atoms with Crippen molar-refractivity contribution in [3.8, 4) is 11.8 Å². The smallest absolute Gasteiger partial charge is 0.127 e. The Morgan fingerprint density at radius 2 is 2.21 bits per heavy atom. The zero-order chi connectivity index (χ0) is 13.9. The normalized spacial score (nSPS) is 20.1. The number of ether oxygens (including phenoxy) is 1. The highest BCUT2D eigenvalue weighted by atomic mass is 16.5. The van der Waals surface area contributed by atoms with Crippen LogP contribution in [0.5, 0.6) is 5.75 Å². The van der Waals surface area contributed by atoms with Crippen LogP contribution in [-0.2, 0) is 0 Å². The predicted molar refractivity (Wildman–Crippen MR) is 77.9 cm³/mol. The summed E-state index contributed by atoms with van der Waals surface area (Å²) >= 11 is 0. The second kappa shape index (κ2) is 5.32. The van der Waals surface area contributed by atoms with Crippen molar-refractivity contribution in [2.24, 2.45) is 0 Å². The third kappa shape index (κ3) is 3.26. The van der Waals surface area contributed by atoms with Crippen LogP contribution in [0.25, 0.3) is 6.08 Å².